The highest BCUT2D eigenvalue weighted by molar-refractivity contribution is 9.10. The lowest BCUT2D eigenvalue weighted by Gasteiger charge is -2.13. The minimum absolute atomic E-state index is 0.170. The molecule has 1 aromatic heterocycles. The first-order valence-electron chi connectivity index (χ1n) is 9.03. The lowest BCUT2D eigenvalue weighted by molar-refractivity contribution is -0.116. The largest absolute Gasteiger partial charge is 0.475 e. The second-order valence-electron chi connectivity index (χ2n) is 6.33. The predicted octanol–water partition coefficient (Wildman–Crippen LogP) is 2.88. The molecule has 29 heavy (non-hydrogen) atoms. The van der Waals surface area contributed by atoms with Crippen LogP contribution in [0.1, 0.15) is 33.6 Å². The Labute approximate surface area is 176 Å². The van der Waals surface area contributed by atoms with Gasteiger partial charge in [0.2, 0.25) is 11.8 Å². The van der Waals surface area contributed by atoms with E-state index in [-0.39, 0.29) is 30.7 Å². The summed E-state index contributed by atoms with van der Waals surface area (Å²) in [5.41, 5.74) is 1.31. The first kappa shape index (κ1) is 20.9. The molecule has 0 atom stereocenters. The molecule has 9 heteroatoms. The van der Waals surface area contributed by atoms with Crippen molar-refractivity contribution in [3.05, 3.63) is 52.1 Å². The molecular weight excluding hydrogens is 442 g/mol. The predicted molar refractivity (Wildman–Crippen MR) is 109 cm³/mol. The van der Waals surface area contributed by atoms with Gasteiger partial charge in [-0.1, -0.05) is 15.9 Å². The monoisotopic (exact) mass is 461 g/mol. The van der Waals surface area contributed by atoms with Gasteiger partial charge in [0, 0.05) is 30.6 Å². The fourth-order valence-electron chi connectivity index (χ4n) is 2.86. The van der Waals surface area contributed by atoms with E-state index in [0.717, 1.165) is 4.47 Å². The van der Waals surface area contributed by atoms with Crippen molar-refractivity contribution in [1.29, 1.82) is 0 Å². The first-order valence-corrected chi connectivity index (χ1v) is 9.82. The van der Waals surface area contributed by atoms with Crippen molar-refractivity contribution >= 4 is 39.3 Å². The Kier molecular flexibility index (Phi) is 6.95. The summed E-state index contributed by atoms with van der Waals surface area (Å²) in [7, 11) is 1.59. The van der Waals surface area contributed by atoms with E-state index >= 15 is 0 Å². The molecule has 0 bridgehead atoms. The van der Waals surface area contributed by atoms with Crippen LogP contribution in [0.2, 0.25) is 0 Å². The number of imide groups is 1. The number of amides is 3. The molecule has 0 unspecified atom stereocenters. The number of pyridine rings is 1. The van der Waals surface area contributed by atoms with Gasteiger partial charge >= 0.3 is 0 Å². The molecule has 3 rings (SSSR count). The Bertz CT molecular complexity index is 917. The Morgan fingerprint density at radius 1 is 1.14 bits per heavy atom. The summed E-state index contributed by atoms with van der Waals surface area (Å²) in [4.78, 5) is 42.2. The molecule has 152 valence electrons. The molecule has 1 aliphatic rings. The van der Waals surface area contributed by atoms with E-state index in [2.05, 4.69) is 26.2 Å². The van der Waals surface area contributed by atoms with E-state index < -0.39 is 0 Å². The van der Waals surface area contributed by atoms with Crippen LogP contribution >= 0.6 is 15.9 Å². The van der Waals surface area contributed by atoms with Crippen LogP contribution in [0.15, 0.2) is 41.0 Å². The van der Waals surface area contributed by atoms with Crippen LogP contribution in [-0.4, -0.2) is 54.5 Å². The van der Waals surface area contributed by atoms with Crippen molar-refractivity contribution < 1.29 is 23.9 Å². The van der Waals surface area contributed by atoms with Gasteiger partial charge in [0.15, 0.2) is 0 Å². The molecule has 1 aliphatic heterocycles. The molecule has 0 aliphatic carbocycles. The number of anilines is 1. The molecular formula is C20H20BrN3O5. The maximum Gasteiger partial charge on any atom is 0.261 e. The number of fused-ring (bicyclic) bond motifs is 1. The molecule has 3 amide bonds. The number of hydrogen-bond donors (Lipinski definition) is 1. The van der Waals surface area contributed by atoms with Gasteiger partial charge in [0.05, 0.1) is 29.6 Å². The number of nitrogens with zero attached hydrogens (tertiary/aromatic N) is 2. The zero-order valence-electron chi connectivity index (χ0n) is 15.8. The fourth-order valence-corrected chi connectivity index (χ4v) is 3.22. The van der Waals surface area contributed by atoms with E-state index in [4.69, 9.17) is 9.47 Å². The van der Waals surface area contributed by atoms with Crippen LogP contribution in [0.25, 0.3) is 0 Å². The van der Waals surface area contributed by atoms with E-state index in [1.165, 1.54) is 11.1 Å². The molecule has 0 spiro atoms. The summed E-state index contributed by atoms with van der Waals surface area (Å²) in [6, 6.07) is 8.33. The van der Waals surface area contributed by atoms with Gasteiger partial charge in [0.25, 0.3) is 11.8 Å². The summed E-state index contributed by atoms with van der Waals surface area (Å²) in [6.45, 7) is 1.04. The van der Waals surface area contributed by atoms with Crippen LogP contribution < -0.4 is 10.1 Å². The Morgan fingerprint density at radius 3 is 2.66 bits per heavy atom. The number of hydrogen-bond acceptors (Lipinski definition) is 6. The zero-order valence-corrected chi connectivity index (χ0v) is 17.4. The normalized spacial score (nSPS) is 12.8. The van der Waals surface area contributed by atoms with Crippen LogP contribution in [-0.2, 0) is 9.53 Å². The highest BCUT2D eigenvalue weighted by Crippen LogP contribution is 2.26. The maximum absolute atomic E-state index is 12.4. The van der Waals surface area contributed by atoms with Crippen molar-refractivity contribution in [2.75, 3.05) is 32.2 Å². The highest BCUT2D eigenvalue weighted by atomic mass is 79.9. The van der Waals surface area contributed by atoms with Crippen molar-refractivity contribution in [3.63, 3.8) is 0 Å². The minimum Gasteiger partial charge on any atom is -0.475 e. The minimum atomic E-state index is -0.333. The average molecular weight is 462 g/mol. The van der Waals surface area contributed by atoms with Crippen LogP contribution in [0.4, 0.5) is 5.69 Å². The average Bonchev–Trinajstić information content (AvgIpc) is 2.94. The number of aromatic nitrogens is 1. The van der Waals surface area contributed by atoms with Crippen LogP contribution in [0.3, 0.4) is 0 Å². The molecule has 0 fully saturated rings. The summed E-state index contributed by atoms with van der Waals surface area (Å²) in [5, 5.41) is 2.73. The third kappa shape index (κ3) is 5.18. The lowest BCUT2D eigenvalue weighted by atomic mass is 10.1. The third-order valence-corrected chi connectivity index (χ3v) is 4.77. The molecule has 1 N–H and O–H groups in total. The molecule has 0 saturated carbocycles. The van der Waals surface area contributed by atoms with E-state index in [1.807, 2.05) is 0 Å². The summed E-state index contributed by atoms with van der Waals surface area (Å²) < 4.78 is 11.0. The van der Waals surface area contributed by atoms with Gasteiger partial charge in [-0.2, -0.15) is 0 Å². The second-order valence-corrected chi connectivity index (χ2v) is 7.25. The van der Waals surface area contributed by atoms with Gasteiger partial charge in [-0.3, -0.25) is 19.3 Å². The van der Waals surface area contributed by atoms with E-state index in [9.17, 15) is 14.4 Å². The SMILES string of the molecule is COCCOc1ccc(NC(=O)CCCN2C(=O)c3ccc(Br)cc3C2=O)cn1. The number of halogens is 1. The number of nitrogens with one attached hydrogen (secondary N) is 1. The number of carbonyl (C=O) groups is 3. The number of ether oxygens (including phenoxy) is 2. The van der Waals surface area contributed by atoms with Gasteiger partial charge < -0.3 is 14.8 Å². The fraction of sp³-hybridized carbons (Fsp3) is 0.300. The summed E-state index contributed by atoms with van der Waals surface area (Å²) in [6.07, 6.45) is 2.04. The number of benzene rings is 1. The van der Waals surface area contributed by atoms with Gasteiger partial charge in [-0.15, -0.1) is 0 Å². The summed E-state index contributed by atoms with van der Waals surface area (Å²) >= 11 is 3.30. The highest BCUT2D eigenvalue weighted by Gasteiger charge is 2.35. The molecule has 2 aromatic rings. The molecule has 2 heterocycles. The standard InChI is InChI=1S/C20H20BrN3O5/c1-28-9-10-29-18-7-5-14(12-22-18)23-17(25)3-2-8-24-19(26)15-6-4-13(21)11-16(15)20(24)27/h4-7,11-12H,2-3,8-10H2,1H3,(H,23,25). The summed E-state index contributed by atoms with van der Waals surface area (Å²) in [5.74, 6) is -0.442. The van der Waals surface area contributed by atoms with E-state index in [1.54, 1.807) is 37.4 Å². The van der Waals surface area contributed by atoms with Gasteiger partial charge in [0.1, 0.15) is 6.61 Å². The Balaban J connectivity index is 1.46. The third-order valence-electron chi connectivity index (χ3n) is 4.28. The quantitative estimate of drug-likeness (QED) is 0.455. The molecule has 1 aromatic carbocycles. The van der Waals surface area contributed by atoms with Crippen molar-refractivity contribution in [1.82, 2.24) is 9.88 Å². The smallest absolute Gasteiger partial charge is 0.261 e. The Morgan fingerprint density at radius 2 is 1.93 bits per heavy atom. The van der Waals surface area contributed by atoms with Gasteiger partial charge in [-0.05, 0) is 30.7 Å². The van der Waals surface area contributed by atoms with Crippen LogP contribution in [0.5, 0.6) is 5.88 Å². The number of rotatable bonds is 9. The topological polar surface area (TPSA) is 97.8 Å². The molecule has 0 saturated heterocycles. The van der Waals surface area contributed by atoms with Crippen molar-refractivity contribution in [2.24, 2.45) is 0 Å². The molecule has 0 radical (unpaired) electrons. The molecule has 8 nitrogen and oxygen atoms in total. The Hall–Kier alpha value is -2.78. The first-order chi connectivity index (χ1) is 14.0. The van der Waals surface area contributed by atoms with Crippen molar-refractivity contribution in [3.8, 4) is 5.88 Å². The van der Waals surface area contributed by atoms with Gasteiger partial charge in [-0.25, -0.2) is 4.98 Å². The lowest BCUT2D eigenvalue weighted by Crippen LogP contribution is -2.31. The van der Waals surface area contributed by atoms with Crippen LogP contribution in [0, 0.1) is 0 Å². The number of methoxy groups -OCH3 is 1. The second kappa shape index (κ2) is 9.62. The maximum atomic E-state index is 12.4. The van der Waals surface area contributed by atoms with E-state index in [0.29, 0.717) is 42.3 Å². The zero-order chi connectivity index (χ0) is 20.8. The van der Waals surface area contributed by atoms with Crippen molar-refractivity contribution in [2.45, 2.75) is 12.8 Å². The number of carbonyl (C=O) groups excluding carboxylic acids is 3.